The van der Waals surface area contributed by atoms with Crippen molar-refractivity contribution in [2.75, 3.05) is 0 Å². The Kier molecular flexibility index (Phi) is 1.26. The summed E-state index contributed by atoms with van der Waals surface area (Å²) in [6.45, 7) is 6.70. The molecule has 0 saturated heterocycles. The molecule has 0 aliphatic heterocycles. The van der Waals surface area contributed by atoms with Crippen molar-refractivity contribution in [3.63, 3.8) is 0 Å². The van der Waals surface area contributed by atoms with E-state index < -0.39 is 0 Å². The van der Waals surface area contributed by atoms with E-state index in [2.05, 4.69) is 20.8 Å². The van der Waals surface area contributed by atoms with E-state index in [9.17, 15) is 5.11 Å². The van der Waals surface area contributed by atoms with Crippen LogP contribution in [0.15, 0.2) is 0 Å². The Morgan fingerprint density at radius 3 is 2.36 bits per heavy atom. The largest absolute Gasteiger partial charge is 0.392 e. The first-order chi connectivity index (χ1) is 4.96. The lowest BCUT2D eigenvalue weighted by Crippen LogP contribution is -2.37. The SMILES string of the molecule is CC1(C)CCC2(C)CC2C1O. The van der Waals surface area contributed by atoms with Crippen LogP contribution in [0.3, 0.4) is 0 Å². The maximum atomic E-state index is 9.91. The second-order valence-corrected chi connectivity index (χ2v) is 5.40. The van der Waals surface area contributed by atoms with Crippen molar-refractivity contribution in [2.45, 2.75) is 46.1 Å². The molecule has 0 aromatic heterocycles. The van der Waals surface area contributed by atoms with Gasteiger partial charge in [-0.3, -0.25) is 0 Å². The van der Waals surface area contributed by atoms with E-state index in [4.69, 9.17) is 0 Å². The van der Waals surface area contributed by atoms with Crippen LogP contribution in [0.1, 0.15) is 40.0 Å². The molecule has 11 heavy (non-hydrogen) atoms. The Bertz CT molecular complexity index is 185. The average molecular weight is 154 g/mol. The van der Waals surface area contributed by atoms with Gasteiger partial charge in [0.05, 0.1) is 6.10 Å². The van der Waals surface area contributed by atoms with Gasteiger partial charge < -0.3 is 5.11 Å². The number of fused-ring (bicyclic) bond motifs is 1. The molecule has 1 heteroatoms. The highest BCUT2D eigenvalue weighted by molar-refractivity contribution is 5.09. The Morgan fingerprint density at radius 2 is 1.82 bits per heavy atom. The molecule has 0 aromatic rings. The third-order valence-electron chi connectivity index (χ3n) is 3.94. The van der Waals surface area contributed by atoms with Gasteiger partial charge in [-0.15, -0.1) is 0 Å². The Labute approximate surface area is 68.8 Å². The van der Waals surface area contributed by atoms with Gasteiger partial charge >= 0.3 is 0 Å². The normalized spacial score (nSPS) is 53.5. The summed E-state index contributed by atoms with van der Waals surface area (Å²) >= 11 is 0. The molecule has 0 spiro atoms. The Morgan fingerprint density at radius 1 is 1.18 bits per heavy atom. The van der Waals surface area contributed by atoms with Gasteiger partial charge in [0.1, 0.15) is 0 Å². The molecule has 1 nitrogen and oxygen atoms in total. The topological polar surface area (TPSA) is 20.2 Å². The molecule has 0 bridgehead atoms. The highest BCUT2D eigenvalue weighted by Gasteiger charge is 2.59. The van der Waals surface area contributed by atoms with E-state index in [1.54, 1.807) is 0 Å². The van der Waals surface area contributed by atoms with Gasteiger partial charge in [0.15, 0.2) is 0 Å². The minimum absolute atomic E-state index is 0.0405. The zero-order chi connectivity index (χ0) is 8.28. The quantitative estimate of drug-likeness (QED) is 0.567. The molecule has 2 aliphatic rings. The fourth-order valence-corrected chi connectivity index (χ4v) is 2.52. The van der Waals surface area contributed by atoms with Gasteiger partial charge in [-0.05, 0) is 36.0 Å². The van der Waals surface area contributed by atoms with E-state index in [1.807, 2.05) is 0 Å². The Balaban J connectivity index is 2.16. The lowest BCUT2D eigenvalue weighted by molar-refractivity contribution is -0.0116. The molecule has 2 saturated carbocycles. The van der Waals surface area contributed by atoms with Crippen LogP contribution in [-0.4, -0.2) is 11.2 Å². The predicted molar refractivity (Wildman–Crippen MR) is 45.2 cm³/mol. The number of hydrogen-bond donors (Lipinski definition) is 1. The first kappa shape index (κ1) is 7.60. The molecule has 64 valence electrons. The van der Waals surface area contributed by atoms with Crippen LogP contribution in [-0.2, 0) is 0 Å². The minimum atomic E-state index is -0.0405. The van der Waals surface area contributed by atoms with Crippen LogP contribution < -0.4 is 0 Å². The van der Waals surface area contributed by atoms with Gasteiger partial charge in [0, 0.05) is 0 Å². The van der Waals surface area contributed by atoms with E-state index in [1.165, 1.54) is 19.3 Å². The van der Waals surface area contributed by atoms with Crippen LogP contribution >= 0.6 is 0 Å². The monoisotopic (exact) mass is 154 g/mol. The number of hydrogen-bond acceptors (Lipinski definition) is 1. The lowest BCUT2D eigenvalue weighted by atomic mass is 9.71. The van der Waals surface area contributed by atoms with Crippen molar-refractivity contribution in [3.8, 4) is 0 Å². The third kappa shape index (κ3) is 0.936. The fourth-order valence-electron chi connectivity index (χ4n) is 2.52. The van der Waals surface area contributed by atoms with E-state index in [0.29, 0.717) is 11.3 Å². The maximum absolute atomic E-state index is 9.91. The number of aliphatic hydroxyl groups excluding tert-OH is 1. The maximum Gasteiger partial charge on any atom is 0.0624 e. The smallest absolute Gasteiger partial charge is 0.0624 e. The van der Waals surface area contributed by atoms with Crippen LogP contribution in [0.4, 0.5) is 0 Å². The molecule has 0 heterocycles. The molecule has 2 rings (SSSR count). The standard InChI is InChI=1S/C10H18O/c1-9(2)4-5-10(3)6-7(10)8(9)11/h7-8,11H,4-6H2,1-3H3. The molecule has 1 N–H and O–H groups in total. The fraction of sp³-hybridized carbons (Fsp3) is 1.00. The van der Waals surface area contributed by atoms with Crippen LogP contribution in [0.25, 0.3) is 0 Å². The van der Waals surface area contributed by atoms with Crippen molar-refractivity contribution in [1.82, 2.24) is 0 Å². The zero-order valence-electron chi connectivity index (χ0n) is 7.72. The molecule has 0 aromatic carbocycles. The predicted octanol–water partition coefficient (Wildman–Crippen LogP) is 2.19. The summed E-state index contributed by atoms with van der Waals surface area (Å²) in [5.41, 5.74) is 0.704. The van der Waals surface area contributed by atoms with Gasteiger partial charge in [0.25, 0.3) is 0 Å². The van der Waals surface area contributed by atoms with Crippen LogP contribution in [0.2, 0.25) is 0 Å². The summed E-state index contributed by atoms with van der Waals surface area (Å²) < 4.78 is 0. The van der Waals surface area contributed by atoms with Crippen molar-refractivity contribution in [3.05, 3.63) is 0 Å². The van der Waals surface area contributed by atoms with Crippen molar-refractivity contribution in [2.24, 2.45) is 16.7 Å². The zero-order valence-corrected chi connectivity index (χ0v) is 7.72. The summed E-state index contributed by atoms with van der Waals surface area (Å²) in [5.74, 6) is 0.617. The Hall–Kier alpha value is -0.0400. The second kappa shape index (κ2) is 1.82. The summed E-state index contributed by atoms with van der Waals surface area (Å²) in [6.07, 6.45) is 3.74. The number of rotatable bonds is 0. The molecule has 3 unspecified atom stereocenters. The third-order valence-corrected chi connectivity index (χ3v) is 3.94. The van der Waals surface area contributed by atoms with Crippen LogP contribution in [0.5, 0.6) is 0 Å². The summed E-state index contributed by atoms with van der Waals surface area (Å²) in [6, 6.07) is 0. The molecular formula is C10H18O. The highest BCUT2D eigenvalue weighted by atomic mass is 16.3. The number of aliphatic hydroxyl groups is 1. The first-order valence-corrected chi connectivity index (χ1v) is 4.64. The highest BCUT2D eigenvalue weighted by Crippen LogP contribution is 2.64. The van der Waals surface area contributed by atoms with Crippen LogP contribution in [0, 0.1) is 16.7 Å². The van der Waals surface area contributed by atoms with E-state index in [-0.39, 0.29) is 11.5 Å². The molecule has 0 radical (unpaired) electrons. The minimum Gasteiger partial charge on any atom is -0.392 e. The second-order valence-electron chi connectivity index (χ2n) is 5.40. The molecule has 2 aliphatic carbocycles. The summed E-state index contributed by atoms with van der Waals surface area (Å²) in [4.78, 5) is 0. The van der Waals surface area contributed by atoms with Gasteiger partial charge in [-0.2, -0.15) is 0 Å². The molecular weight excluding hydrogens is 136 g/mol. The van der Waals surface area contributed by atoms with Crippen molar-refractivity contribution >= 4 is 0 Å². The summed E-state index contributed by atoms with van der Waals surface area (Å²) in [7, 11) is 0. The lowest BCUT2D eigenvalue weighted by Gasteiger charge is -2.37. The van der Waals surface area contributed by atoms with Gasteiger partial charge in [-0.1, -0.05) is 20.8 Å². The van der Waals surface area contributed by atoms with Gasteiger partial charge in [-0.25, -0.2) is 0 Å². The average Bonchev–Trinajstić information content (AvgIpc) is 2.57. The van der Waals surface area contributed by atoms with E-state index in [0.717, 1.165) is 0 Å². The van der Waals surface area contributed by atoms with Crippen molar-refractivity contribution < 1.29 is 5.11 Å². The first-order valence-electron chi connectivity index (χ1n) is 4.64. The van der Waals surface area contributed by atoms with E-state index >= 15 is 0 Å². The van der Waals surface area contributed by atoms with Crippen molar-refractivity contribution in [1.29, 1.82) is 0 Å². The summed E-state index contributed by atoms with van der Waals surface area (Å²) in [5, 5.41) is 9.91. The van der Waals surface area contributed by atoms with Gasteiger partial charge in [0.2, 0.25) is 0 Å². The molecule has 0 amide bonds. The molecule has 3 atom stereocenters. The molecule has 2 fully saturated rings.